The molecule has 134 valence electrons. The standard InChI is InChI=1S/C21H28N2O2/c1-2-14-8-9-19-17(11-14)18(13-22-19)15-5-3-6-16(12-15)23-21(24)20-7-4-10-25-20/h8-9,11,13,15-16,20,22H,2-7,10,12H2,1H3,(H,23,24)/t15-,16+,20+/m1/s1. The van der Waals surface area contributed by atoms with E-state index in [2.05, 4.69) is 41.6 Å². The molecule has 1 amide bonds. The van der Waals surface area contributed by atoms with E-state index in [1.165, 1.54) is 34.9 Å². The average molecular weight is 340 g/mol. The summed E-state index contributed by atoms with van der Waals surface area (Å²) < 4.78 is 5.52. The van der Waals surface area contributed by atoms with Gasteiger partial charge in [-0.2, -0.15) is 0 Å². The number of carbonyl (C=O) groups is 1. The lowest BCUT2D eigenvalue weighted by Gasteiger charge is -2.30. The molecule has 0 spiro atoms. The molecular weight excluding hydrogens is 312 g/mol. The highest BCUT2D eigenvalue weighted by molar-refractivity contribution is 5.84. The summed E-state index contributed by atoms with van der Waals surface area (Å²) in [5, 5.41) is 4.61. The van der Waals surface area contributed by atoms with E-state index in [-0.39, 0.29) is 18.1 Å². The van der Waals surface area contributed by atoms with Gasteiger partial charge in [0, 0.05) is 29.7 Å². The van der Waals surface area contributed by atoms with Crippen molar-refractivity contribution in [2.24, 2.45) is 0 Å². The summed E-state index contributed by atoms with van der Waals surface area (Å²) in [6.07, 6.45) is 9.37. The monoisotopic (exact) mass is 340 g/mol. The van der Waals surface area contributed by atoms with Crippen LogP contribution in [-0.2, 0) is 16.0 Å². The van der Waals surface area contributed by atoms with E-state index >= 15 is 0 Å². The summed E-state index contributed by atoms with van der Waals surface area (Å²) in [6, 6.07) is 7.00. The topological polar surface area (TPSA) is 54.1 Å². The Kier molecular flexibility index (Phi) is 4.80. The van der Waals surface area contributed by atoms with Crippen molar-refractivity contribution >= 4 is 16.8 Å². The first kappa shape index (κ1) is 16.6. The first-order chi connectivity index (χ1) is 12.2. The maximum absolute atomic E-state index is 12.4. The summed E-state index contributed by atoms with van der Waals surface area (Å²) in [6.45, 7) is 2.92. The molecule has 2 aliphatic rings. The Morgan fingerprint density at radius 3 is 3.00 bits per heavy atom. The molecule has 0 unspecified atom stereocenters. The minimum atomic E-state index is -0.222. The third-order valence-electron chi connectivity index (χ3n) is 5.87. The van der Waals surface area contributed by atoms with Crippen LogP contribution in [0.3, 0.4) is 0 Å². The van der Waals surface area contributed by atoms with E-state index in [1.807, 2.05) is 0 Å². The molecule has 1 aromatic heterocycles. The van der Waals surface area contributed by atoms with Gasteiger partial charge in [-0.1, -0.05) is 19.4 Å². The van der Waals surface area contributed by atoms with Crippen LogP contribution in [0.1, 0.15) is 62.5 Å². The number of benzene rings is 1. The summed E-state index contributed by atoms with van der Waals surface area (Å²) in [4.78, 5) is 15.8. The molecule has 25 heavy (non-hydrogen) atoms. The fourth-order valence-corrected chi connectivity index (χ4v) is 4.43. The molecule has 4 nitrogen and oxygen atoms in total. The number of carbonyl (C=O) groups excluding carboxylic acids is 1. The van der Waals surface area contributed by atoms with Gasteiger partial charge in [-0.25, -0.2) is 0 Å². The number of nitrogens with one attached hydrogen (secondary N) is 2. The van der Waals surface area contributed by atoms with Crippen molar-refractivity contribution in [3.63, 3.8) is 0 Å². The summed E-state index contributed by atoms with van der Waals surface area (Å²) >= 11 is 0. The van der Waals surface area contributed by atoms with E-state index < -0.39 is 0 Å². The van der Waals surface area contributed by atoms with Crippen LogP contribution < -0.4 is 5.32 Å². The van der Waals surface area contributed by atoms with Crippen LogP contribution in [0.2, 0.25) is 0 Å². The van der Waals surface area contributed by atoms with E-state index in [4.69, 9.17) is 4.74 Å². The highest BCUT2D eigenvalue weighted by atomic mass is 16.5. The molecule has 2 aromatic rings. The number of rotatable bonds is 4. The fourth-order valence-electron chi connectivity index (χ4n) is 4.43. The number of hydrogen-bond acceptors (Lipinski definition) is 2. The van der Waals surface area contributed by atoms with E-state index in [0.29, 0.717) is 5.92 Å². The lowest BCUT2D eigenvalue weighted by atomic mass is 9.81. The van der Waals surface area contributed by atoms with Gasteiger partial charge in [-0.3, -0.25) is 4.79 Å². The first-order valence-corrected chi connectivity index (χ1v) is 9.76. The Morgan fingerprint density at radius 2 is 2.20 bits per heavy atom. The van der Waals surface area contributed by atoms with Gasteiger partial charge in [-0.05, 0) is 67.7 Å². The van der Waals surface area contributed by atoms with Gasteiger partial charge >= 0.3 is 0 Å². The molecule has 1 aliphatic heterocycles. The Bertz CT molecular complexity index is 745. The summed E-state index contributed by atoms with van der Waals surface area (Å²) in [7, 11) is 0. The quantitative estimate of drug-likeness (QED) is 0.882. The molecule has 1 aromatic carbocycles. The van der Waals surface area contributed by atoms with Crippen LogP contribution in [0.4, 0.5) is 0 Å². The second kappa shape index (κ2) is 7.20. The van der Waals surface area contributed by atoms with Crippen molar-refractivity contribution in [2.45, 2.75) is 69.9 Å². The van der Waals surface area contributed by atoms with Crippen molar-refractivity contribution < 1.29 is 9.53 Å². The van der Waals surface area contributed by atoms with Gasteiger partial charge in [0.2, 0.25) is 5.91 Å². The predicted molar refractivity (Wildman–Crippen MR) is 99.8 cm³/mol. The zero-order valence-electron chi connectivity index (χ0n) is 15.0. The molecule has 1 saturated heterocycles. The van der Waals surface area contributed by atoms with Crippen LogP contribution in [0.15, 0.2) is 24.4 Å². The molecule has 3 atom stereocenters. The maximum Gasteiger partial charge on any atom is 0.249 e. The molecule has 2 heterocycles. The number of aromatic nitrogens is 1. The van der Waals surface area contributed by atoms with Gasteiger partial charge in [0.05, 0.1) is 0 Å². The molecule has 0 radical (unpaired) electrons. The Morgan fingerprint density at radius 1 is 1.28 bits per heavy atom. The first-order valence-electron chi connectivity index (χ1n) is 9.76. The number of H-pyrrole nitrogens is 1. The SMILES string of the molecule is CCc1ccc2[nH]cc([C@@H]3CCC[C@H](NC(=O)[C@@H]4CCCO4)C3)c2c1. The van der Waals surface area contributed by atoms with Crippen molar-refractivity contribution in [1.82, 2.24) is 10.3 Å². The third-order valence-corrected chi connectivity index (χ3v) is 5.87. The van der Waals surface area contributed by atoms with Crippen LogP contribution in [0, 0.1) is 0 Å². The van der Waals surface area contributed by atoms with Crippen molar-refractivity contribution in [3.05, 3.63) is 35.5 Å². The molecule has 4 heteroatoms. The summed E-state index contributed by atoms with van der Waals surface area (Å²) in [5.41, 5.74) is 4.02. The Hall–Kier alpha value is -1.81. The molecule has 0 bridgehead atoms. The van der Waals surface area contributed by atoms with Crippen LogP contribution >= 0.6 is 0 Å². The number of aryl methyl sites for hydroxylation is 1. The maximum atomic E-state index is 12.4. The highest BCUT2D eigenvalue weighted by Crippen LogP contribution is 2.37. The van der Waals surface area contributed by atoms with Crippen molar-refractivity contribution in [2.75, 3.05) is 6.61 Å². The lowest BCUT2D eigenvalue weighted by molar-refractivity contribution is -0.131. The fraction of sp³-hybridized carbons (Fsp3) is 0.571. The highest BCUT2D eigenvalue weighted by Gasteiger charge is 2.29. The molecule has 2 fully saturated rings. The molecule has 2 N–H and O–H groups in total. The Balaban J connectivity index is 1.48. The number of aromatic amines is 1. The zero-order valence-corrected chi connectivity index (χ0v) is 15.0. The molecule has 1 saturated carbocycles. The van der Waals surface area contributed by atoms with Crippen LogP contribution in [0.5, 0.6) is 0 Å². The Labute approximate surface area is 149 Å². The van der Waals surface area contributed by atoms with Crippen LogP contribution in [0.25, 0.3) is 10.9 Å². The lowest BCUT2D eigenvalue weighted by Crippen LogP contribution is -2.43. The number of ether oxygens (including phenoxy) is 1. The van der Waals surface area contributed by atoms with Gasteiger partial charge in [0.25, 0.3) is 0 Å². The molecule has 1 aliphatic carbocycles. The zero-order chi connectivity index (χ0) is 17.2. The van der Waals surface area contributed by atoms with E-state index in [0.717, 1.165) is 38.7 Å². The minimum absolute atomic E-state index is 0.0929. The molecule has 4 rings (SSSR count). The third kappa shape index (κ3) is 3.45. The van der Waals surface area contributed by atoms with Crippen molar-refractivity contribution in [3.8, 4) is 0 Å². The summed E-state index contributed by atoms with van der Waals surface area (Å²) in [5.74, 6) is 0.611. The number of fused-ring (bicyclic) bond motifs is 1. The minimum Gasteiger partial charge on any atom is -0.368 e. The van der Waals surface area contributed by atoms with Gasteiger partial charge in [0.1, 0.15) is 6.10 Å². The smallest absolute Gasteiger partial charge is 0.249 e. The predicted octanol–water partition coefficient (Wildman–Crippen LogP) is 4.05. The van der Waals surface area contributed by atoms with E-state index in [9.17, 15) is 4.79 Å². The van der Waals surface area contributed by atoms with E-state index in [1.54, 1.807) is 0 Å². The van der Waals surface area contributed by atoms with Crippen molar-refractivity contribution in [1.29, 1.82) is 0 Å². The molecular formula is C21H28N2O2. The van der Waals surface area contributed by atoms with Gasteiger partial charge < -0.3 is 15.0 Å². The number of hydrogen-bond donors (Lipinski definition) is 2. The van der Waals surface area contributed by atoms with Gasteiger partial charge in [-0.15, -0.1) is 0 Å². The van der Waals surface area contributed by atoms with Gasteiger partial charge in [0.15, 0.2) is 0 Å². The van der Waals surface area contributed by atoms with Crippen LogP contribution in [-0.4, -0.2) is 29.6 Å². The average Bonchev–Trinajstić information content (AvgIpc) is 3.31. The number of amides is 1. The largest absolute Gasteiger partial charge is 0.368 e. The second-order valence-electron chi connectivity index (χ2n) is 7.55. The second-order valence-corrected chi connectivity index (χ2v) is 7.55. The normalized spacial score (nSPS) is 26.8.